The maximum atomic E-state index is 11.2. The molecule has 0 N–H and O–H groups in total. The van der Waals surface area contributed by atoms with Gasteiger partial charge in [-0.1, -0.05) is 18.5 Å². The van der Waals surface area contributed by atoms with Crippen molar-refractivity contribution in [2.45, 2.75) is 11.9 Å². The van der Waals surface area contributed by atoms with Crippen LogP contribution in [0.4, 0.5) is 0 Å². The summed E-state index contributed by atoms with van der Waals surface area (Å²) in [6.07, 6.45) is 2.37. The number of hydrogen-bond acceptors (Lipinski definition) is 4. The van der Waals surface area contributed by atoms with Crippen molar-refractivity contribution < 1.29 is 8.42 Å². The highest BCUT2D eigenvalue weighted by atomic mass is 35.5. The molecule has 0 aromatic carbocycles. The Morgan fingerprint density at radius 1 is 1.42 bits per heavy atom. The summed E-state index contributed by atoms with van der Waals surface area (Å²) in [5.41, 5.74) is 0. The maximum absolute atomic E-state index is 11.2. The number of hydrogen-bond donors (Lipinski definition) is 0. The Balaban J connectivity index is 3.14. The van der Waals surface area contributed by atoms with Crippen molar-refractivity contribution in [2.75, 3.05) is 5.75 Å². The van der Waals surface area contributed by atoms with E-state index in [4.69, 9.17) is 11.6 Å². The highest BCUT2D eigenvalue weighted by Gasteiger charge is 2.12. The first-order chi connectivity index (χ1) is 5.56. The van der Waals surface area contributed by atoms with E-state index in [1.807, 2.05) is 0 Å². The summed E-state index contributed by atoms with van der Waals surface area (Å²) in [4.78, 5) is 7.26. The molecule has 0 bridgehead atoms. The summed E-state index contributed by atoms with van der Waals surface area (Å²) in [7, 11) is -3.25. The van der Waals surface area contributed by atoms with E-state index >= 15 is 0 Å². The van der Waals surface area contributed by atoms with Gasteiger partial charge in [0.05, 0.1) is 18.1 Å². The molecular formula is C6H7ClN2O2S. The average molecular weight is 207 g/mol. The Kier molecular flexibility index (Phi) is 2.64. The minimum absolute atomic E-state index is 0.0172. The lowest BCUT2D eigenvalue weighted by molar-refractivity contribution is 0.593. The summed E-state index contributed by atoms with van der Waals surface area (Å²) < 4.78 is 22.3. The molecule has 0 unspecified atom stereocenters. The monoisotopic (exact) mass is 206 g/mol. The Labute approximate surface area is 75.5 Å². The molecule has 1 rings (SSSR count). The molecule has 0 saturated heterocycles. The van der Waals surface area contributed by atoms with Crippen LogP contribution in [0.3, 0.4) is 0 Å². The van der Waals surface area contributed by atoms with Crippen molar-refractivity contribution in [3.8, 4) is 0 Å². The molecule has 0 fully saturated rings. The van der Waals surface area contributed by atoms with Gasteiger partial charge in [-0.25, -0.2) is 18.4 Å². The number of aromatic nitrogens is 2. The van der Waals surface area contributed by atoms with Gasteiger partial charge >= 0.3 is 0 Å². The van der Waals surface area contributed by atoms with Gasteiger partial charge in [-0.2, -0.15) is 0 Å². The highest BCUT2D eigenvalue weighted by molar-refractivity contribution is 7.91. The van der Waals surface area contributed by atoms with Crippen molar-refractivity contribution in [3.05, 3.63) is 17.5 Å². The third-order valence-corrected chi connectivity index (χ3v) is 3.10. The molecule has 6 heteroatoms. The zero-order valence-electron chi connectivity index (χ0n) is 6.36. The second kappa shape index (κ2) is 3.37. The van der Waals surface area contributed by atoms with Crippen molar-refractivity contribution in [1.29, 1.82) is 0 Å². The van der Waals surface area contributed by atoms with Gasteiger partial charge in [0, 0.05) is 0 Å². The van der Waals surface area contributed by atoms with Crippen molar-refractivity contribution >= 4 is 21.4 Å². The summed E-state index contributed by atoms with van der Waals surface area (Å²) in [5.74, 6) is 0.0172. The van der Waals surface area contributed by atoms with Gasteiger partial charge in [-0.05, 0) is 0 Å². The van der Waals surface area contributed by atoms with Crippen LogP contribution in [-0.4, -0.2) is 24.1 Å². The lowest BCUT2D eigenvalue weighted by Gasteiger charge is -1.97. The van der Waals surface area contributed by atoms with Crippen molar-refractivity contribution in [3.63, 3.8) is 0 Å². The van der Waals surface area contributed by atoms with E-state index in [9.17, 15) is 8.42 Å². The first kappa shape index (κ1) is 9.41. The van der Waals surface area contributed by atoms with Gasteiger partial charge in [0.2, 0.25) is 0 Å². The summed E-state index contributed by atoms with van der Waals surface area (Å²) >= 11 is 5.44. The van der Waals surface area contributed by atoms with Crippen LogP contribution in [0.15, 0.2) is 17.4 Å². The molecule has 0 saturated carbocycles. The number of sulfone groups is 1. The maximum Gasteiger partial charge on any atom is 0.196 e. The van der Waals surface area contributed by atoms with E-state index in [2.05, 4.69) is 9.97 Å². The zero-order chi connectivity index (χ0) is 9.19. The van der Waals surface area contributed by atoms with E-state index in [1.165, 1.54) is 6.20 Å². The Morgan fingerprint density at radius 2 is 2.08 bits per heavy atom. The van der Waals surface area contributed by atoms with Crippen molar-refractivity contribution in [1.82, 2.24) is 9.97 Å². The molecule has 0 aliphatic carbocycles. The molecule has 1 aromatic heterocycles. The van der Waals surface area contributed by atoms with Crippen LogP contribution in [-0.2, 0) is 9.84 Å². The number of rotatable bonds is 2. The highest BCUT2D eigenvalue weighted by Crippen LogP contribution is 2.07. The van der Waals surface area contributed by atoms with Crippen molar-refractivity contribution in [2.24, 2.45) is 0 Å². The van der Waals surface area contributed by atoms with Gasteiger partial charge in [-0.15, -0.1) is 0 Å². The minimum Gasteiger partial charge on any atom is -0.240 e. The number of nitrogens with zero attached hydrogens (tertiary/aromatic N) is 2. The van der Waals surface area contributed by atoms with Crippen LogP contribution in [0.25, 0.3) is 0 Å². The predicted octanol–water partition coefficient (Wildman–Crippen LogP) is 0.924. The molecule has 0 aliphatic heterocycles. The molecule has 4 nitrogen and oxygen atoms in total. The van der Waals surface area contributed by atoms with Gasteiger partial charge < -0.3 is 0 Å². The SMILES string of the molecule is CCS(=O)(=O)c1cnc(Cl)cn1. The first-order valence-corrected chi connectivity index (χ1v) is 5.29. The molecule has 0 aliphatic rings. The second-order valence-corrected chi connectivity index (χ2v) is 4.69. The first-order valence-electron chi connectivity index (χ1n) is 3.26. The second-order valence-electron chi connectivity index (χ2n) is 2.08. The average Bonchev–Trinajstić information content (AvgIpc) is 2.05. The van der Waals surface area contributed by atoms with Crippen LogP contribution < -0.4 is 0 Å². The van der Waals surface area contributed by atoms with Crippen LogP contribution in [0.5, 0.6) is 0 Å². The minimum atomic E-state index is -3.25. The quantitative estimate of drug-likeness (QED) is 0.722. The topological polar surface area (TPSA) is 59.9 Å². The molecule has 66 valence electrons. The lowest BCUT2D eigenvalue weighted by Crippen LogP contribution is -2.06. The van der Waals surface area contributed by atoms with Gasteiger partial charge in [0.15, 0.2) is 14.9 Å². The van der Waals surface area contributed by atoms with E-state index in [0.717, 1.165) is 6.20 Å². The Hall–Kier alpha value is -0.680. The molecular weight excluding hydrogens is 200 g/mol. The van der Waals surface area contributed by atoms with Gasteiger partial charge in [-0.3, -0.25) is 0 Å². The molecule has 12 heavy (non-hydrogen) atoms. The summed E-state index contributed by atoms with van der Waals surface area (Å²) in [6.45, 7) is 1.55. The molecule has 0 spiro atoms. The van der Waals surface area contributed by atoms with Crippen LogP contribution >= 0.6 is 11.6 Å². The fraction of sp³-hybridized carbons (Fsp3) is 0.333. The third-order valence-electron chi connectivity index (χ3n) is 1.30. The number of halogens is 1. The van der Waals surface area contributed by atoms with Crippen LogP contribution in [0, 0.1) is 0 Å². The Morgan fingerprint density at radius 3 is 2.50 bits per heavy atom. The van der Waals surface area contributed by atoms with E-state index < -0.39 is 9.84 Å². The Bertz CT molecular complexity index is 360. The van der Waals surface area contributed by atoms with E-state index in [0.29, 0.717) is 0 Å². The molecule has 0 radical (unpaired) electrons. The molecule has 1 aromatic rings. The van der Waals surface area contributed by atoms with Crippen LogP contribution in [0.1, 0.15) is 6.92 Å². The predicted molar refractivity (Wildman–Crippen MR) is 44.8 cm³/mol. The fourth-order valence-corrected chi connectivity index (χ4v) is 1.43. The van der Waals surface area contributed by atoms with Gasteiger partial charge in [0.25, 0.3) is 0 Å². The largest absolute Gasteiger partial charge is 0.240 e. The standard InChI is InChI=1S/C6H7ClN2O2S/c1-2-12(10,11)6-4-8-5(7)3-9-6/h3-4H,2H2,1H3. The molecule has 1 heterocycles. The van der Waals surface area contributed by atoms with E-state index in [-0.39, 0.29) is 15.9 Å². The smallest absolute Gasteiger partial charge is 0.196 e. The van der Waals surface area contributed by atoms with Crippen LogP contribution in [0.2, 0.25) is 5.15 Å². The summed E-state index contributed by atoms with van der Waals surface area (Å²) in [5, 5.41) is 0.152. The zero-order valence-corrected chi connectivity index (χ0v) is 7.93. The molecule has 0 amide bonds. The summed E-state index contributed by atoms with van der Waals surface area (Å²) in [6, 6.07) is 0. The van der Waals surface area contributed by atoms with Gasteiger partial charge in [0.1, 0.15) is 5.15 Å². The lowest BCUT2D eigenvalue weighted by atomic mass is 10.8. The molecule has 0 atom stereocenters. The fourth-order valence-electron chi connectivity index (χ4n) is 0.609. The third kappa shape index (κ3) is 1.92. The van der Waals surface area contributed by atoms with E-state index in [1.54, 1.807) is 6.92 Å². The normalized spacial score (nSPS) is 11.5.